The highest BCUT2D eigenvalue weighted by Gasteiger charge is 2.41. The molecule has 4 nitrogen and oxygen atoms in total. The summed E-state index contributed by atoms with van der Waals surface area (Å²) in [6, 6.07) is 1.68. The molecule has 2 aliphatic carbocycles. The first-order valence-electron chi connectivity index (χ1n) is 6.87. The Morgan fingerprint density at radius 2 is 1.95 bits per heavy atom. The predicted octanol–water partition coefficient (Wildman–Crippen LogP) is 1.92. The fraction of sp³-hybridized carbons (Fsp3) is 0.692. The highest BCUT2D eigenvalue weighted by atomic mass is 32.2. The van der Waals surface area contributed by atoms with Crippen LogP contribution >= 0.6 is 11.3 Å². The number of nitrogens with one attached hydrogen (secondary N) is 1. The van der Waals surface area contributed by atoms with Crippen LogP contribution in [0.5, 0.6) is 0 Å². The molecular weight excluding hydrogens is 280 g/mol. The molecule has 6 heteroatoms. The molecule has 1 aromatic heterocycles. The molecule has 0 unspecified atom stereocenters. The lowest BCUT2D eigenvalue weighted by molar-refractivity contribution is 0.401. The first-order valence-corrected chi connectivity index (χ1v) is 9.23. The molecule has 0 radical (unpaired) electrons. The molecule has 1 aromatic rings. The Morgan fingerprint density at radius 1 is 1.32 bits per heavy atom. The fourth-order valence-electron chi connectivity index (χ4n) is 2.66. The summed E-state index contributed by atoms with van der Waals surface area (Å²) in [5.74, 6) is 2.08. The number of sulfonamides is 1. The third kappa shape index (κ3) is 3.18. The van der Waals surface area contributed by atoms with Gasteiger partial charge in [0.1, 0.15) is 0 Å². The van der Waals surface area contributed by atoms with Gasteiger partial charge < -0.3 is 5.73 Å². The highest BCUT2D eigenvalue weighted by molar-refractivity contribution is 7.89. The molecule has 3 rings (SSSR count). The first kappa shape index (κ1) is 13.5. The van der Waals surface area contributed by atoms with Crippen LogP contribution in [-0.4, -0.2) is 15.0 Å². The molecule has 0 aliphatic heterocycles. The summed E-state index contributed by atoms with van der Waals surface area (Å²) < 4.78 is 27.2. The summed E-state index contributed by atoms with van der Waals surface area (Å²) in [4.78, 5) is 1.27. The summed E-state index contributed by atoms with van der Waals surface area (Å²) >= 11 is 1.40. The number of thiophene rings is 1. The minimum Gasteiger partial charge on any atom is -0.326 e. The Balaban J connectivity index is 1.64. The normalized spacial score (nSPS) is 20.1. The van der Waals surface area contributed by atoms with Gasteiger partial charge in [0, 0.05) is 23.3 Å². The topological polar surface area (TPSA) is 72.2 Å². The maximum absolute atomic E-state index is 12.2. The maximum atomic E-state index is 12.2. The summed E-state index contributed by atoms with van der Waals surface area (Å²) in [6.45, 7) is 0.998. The van der Waals surface area contributed by atoms with Crippen molar-refractivity contribution < 1.29 is 8.42 Å². The molecule has 0 aromatic carbocycles. The third-order valence-corrected chi connectivity index (χ3v) is 6.62. The summed E-state index contributed by atoms with van der Waals surface area (Å²) in [5, 5.41) is 1.67. The Bertz CT molecular complexity index is 533. The van der Waals surface area contributed by atoms with Crippen molar-refractivity contribution in [3.05, 3.63) is 16.3 Å². The van der Waals surface area contributed by atoms with Crippen LogP contribution < -0.4 is 10.5 Å². The molecule has 0 bridgehead atoms. The van der Waals surface area contributed by atoms with Gasteiger partial charge >= 0.3 is 0 Å². The molecule has 3 N–H and O–H groups in total. The molecule has 19 heavy (non-hydrogen) atoms. The van der Waals surface area contributed by atoms with E-state index in [1.54, 1.807) is 11.4 Å². The maximum Gasteiger partial charge on any atom is 0.241 e. The van der Waals surface area contributed by atoms with E-state index >= 15 is 0 Å². The lowest BCUT2D eigenvalue weighted by Gasteiger charge is -2.15. The molecule has 106 valence electrons. The molecule has 2 saturated carbocycles. The van der Waals surface area contributed by atoms with Crippen LogP contribution in [0.25, 0.3) is 0 Å². The van der Waals surface area contributed by atoms with E-state index in [2.05, 4.69) is 4.72 Å². The second-order valence-corrected chi connectivity index (χ2v) is 8.41. The quantitative estimate of drug-likeness (QED) is 0.808. The molecular formula is C13H20N2O2S2. The molecule has 0 spiro atoms. The minimum atomic E-state index is -3.35. The Kier molecular flexibility index (Phi) is 3.68. The van der Waals surface area contributed by atoms with E-state index in [9.17, 15) is 8.42 Å². The van der Waals surface area contributed by atoms with Crippen LogP contribution in [0.4, 0.5) is 0 Å². The predicted molar refractivity (Wildman–Crippen MR) is 76.3 cm³/mol. The van der Waals surface area contributed by atoms with Gasteiger partial charge in [-0.25, -0.2) is 13.1 Å². The third-order valence-electron chi connectivity index (χ3n) is 4.11. The molecule has 0 amide bonds. The zero-order chi connectivity index (χ0) is 13.5. The Hall–Kier alpha value is -0.430. The summed E-state index contributed by atoms with van der Waals surface area (Å²) in [5.41, 5.74) is 5.52. The van der Waals surface area contributed by atoms with E-state index in [0.29, 0.717) is 23.9 Å². The fourth-order valence-corrected chi connectivity index (χ4v) is 4.89. The van der Waals surface area contributed by atoms with Crippen LogP contribution in [0.1, 0.15) is 30.6 Å². The van der Waals surface area contributed by atoms with Gasteiger partial charge in [-0.2, -0.15) is 0 Å². The molecule has 0 saturated heterocycles. The lowest BCUT2D eigenvalue weighted by Crippen LogP contribution is -2.31. The SMILES string of the molecule is NCc1cc(S(=O)(=O)NCC(C2CC2)C2CC2)cs1. The summed E-state index contributed by atoms with van der Waals surface area (Å²) in [7, 11) is -3.35. The van der Waals surface area contributed by atoms with E-state index in [-0.39, 0.29) is 0 Å². The van der Waals surface area contributed by atoms with Gasteiger partial charge in [0.25, 0.3) is 0 Å². The number of rotatable bonds is 7. The van der Waals surface area contributed by atoms with E-state index in [1.807, 2.05) is 0 Å². The van der Waals surface area contributed by atoms with E-state index in [0.717, 1.165) is 16.7 Å². The second kappa shape index (κ2) is 5.16. The number of hydrogen-bond acceptors (Lipinski definition) is 4. The van der Waals surface area contributed by atoms with Gasteiger partial charge in [0.2, 0.25) is 10.0 Å². The van der Waals surface area contributed by atoms with Crippen LogP contribution in [-0.2, 0) is 16.6 Å². The first-order chi connectivity index (χ1) is 9.10. The van der Waals surface area contributed by atoms with Crippen LogP contribution in [0, 0.1) is 17.8 Å². The number of hydrogen-bond donors (Lipinski definition) is 2. The van der Waals surface area contributed by atoms with Crippen molar-refractivity contribution >= 4 is 21.4 Å². The van der Waals surface area contributed by atoms with Gasteiger partial charge in [-0.15, -0.1) is 11.3 Å². The van der Waals surface area contributed by atoms with Crippen molar-refractivity contribution in [2.24, 2.45) is 23.5 Å². The summed E-state index contributed by atoms with van der Waals surface area (Å²) in [6.07, 6.45) is 5.11. The minimum absolute atomic E-state index is 0.364. The highest BCUT2D eigenvalue weighted by Crippen LogP contribution is 2.48. The van der Waals surface area contributed by atoms with Gasteiger partial charge in [0.15, 0.2) is 0 Å². The van der Waals surface area contributed by atoms with Gasteiger partial charge in [0.05, 0.1) is 4.90 Å². The van der Waals surface area contributed by atoms with E-state index in [4.69, 9.17) is 5.73 Å². The van der Waals surface area contributed by atoms with Gasteiger partial charge in [-0.3, -0.25) is 0 Å². The molecule has 2 fully saturated rings. The Labute approximate surface area is 118 Å². The van der Waals surface area contributed by atoms with Crippen LogP contribution in [0.2, 0.25) is 0 Å². The van der Waals surface area contributed by atoms with E-state index < -0.39 is 10.0 Å². The van der Waals surface area contributed by atoms with E-state index in [1.165, 1.54) is 37.0 Å². The zero-order valence-electron chi connectivity index (χ0n) is 10.8. The largest absolute Gasteiger partial charge is 0.326 e. The average molecular weight is 300 g/mol. The molecule has 0 atom stereocenters. The van der Waals surface area contributed by atoms with Crippen molar-refractivity contribution in [2.75, 3.05) is 6.54 Å². The van der Waals surface area contributed by atoms with Gasteiger partial charge in [-0.05, 0) is 49.5 Å². The van der Waals surface area contributed by atoms with Crippen LogP contribution in [0.3, 0.4) is 0 Å². The van der Waals surface area contributed by atoms with Crippen LogP contribution in [0.15, 0.2) is 16.3 Å². The van der Waals surface area contributed by atoms with Crippen molar-refractivity contribution in [2.45, 2.75) is 37.1 Å². The second-order valence-electron chi connectivity index (χ2n) is 5.64. The zero-order valence-corrected chi connectivity index (χ0v) is 12.5. The molecule has 2 aliphatic rings. The van der Waals surface area contributed by atoms with Crippen molar-refractivity contribution in [1.29, 1.82) is 0 Å². The molecule has 1 heterocycles. The van der Waals surface area contributed by atoms with Gasteiger partial charge in [-0.1, -0.05) is 0 Å². The Morgan fingerprint density at radius 3 is 2.42 bits per heavy atom. The average Bonchev–Trinajstić information content (AvgIpc) is 3.30. The van der Waals surface area contributed by atoms with Crippen molar-refractivity contribution in [3.63, 3.8) is 0 Å². The smallest absolute Gasteiger partial charge is 0.241 e. The monoisotopic (exact) mass is 300 g/mol. The lowest BCUT2D eigenvalue weighted by atomic mass is 9.99. The van der Waals surface area contributed by atoms with Crippen molar-refractivity contribution in [1.82, 2.24) is 4.72 Å². The standard InChI is InChI=1S/C13H20N2O2S2/c14-6-11-5-12(8-18-11)19(16,17)15-7-13(9-1-2-9)10-3-4-10/h5,8-10,13,15H,1-4,6-7,14H2. The van der Waals surface area contributed by atoms with Crippen molar-refractivity contribution in [3.8, 4) is 0 Å². The number of nitrogens with two attached hydrogens (primary N) is 1.